The van der Waals surface area contributed by atoms with E-state index in [1.54, 1.807) is 4.72 Å². The normalized spacial score (nSPS) is 12.7. The number of sulfonamides is 1. The lowest BCUT2D eigenvalue weighted by atomic mass is 10.5. The van der Waals surface area contributed by atoms with Gasteiger partial charge in [0.25, 0.3) is 0 Å². The summed E-state index contributed by atoms with van der Waals surface area (Å²) in [5.74, 6) is 0. The lowest BCUT2D eigenvalue weighted by Gasteiger charge is -2.06. The van der Waals surface area contributed by atoms with E-state index in [-0.39, 0.29) is 4.90 Å². The smallest absolute Gasteiger partial charge is 0.324 e. The highest BCUT2D eigenvalue weighted by Crippen LogP contribution is 2.32. The highest BCUT2D eigenvalue weighted by Gasteiger charge is 2.20. The van der Waals surface area contributed by atoms with Gasteiger partial charge in [-0.15, -0.1) is 0 Å². The Labute approximate surface area is 86.4 Å². The Bertz CT molecular complexity index is 468. The van der Waals surface area contributed by atoms with Crippen LogP contribution in [0.4, 0.5) is 0 Å². The van der Waals surface area contributed by atoms with Crippen LogP contribution in [-0.2, 0) is 14.6 Å². The Hall–Kier alpha value is -0.790. The molecule has 15 heavy (non-hydrogen) atoms. The maximum atomic E-state index is 11.4. The molecule has 0 aromatic carbocycles. The second kappa shape index (κ2) is 4.38. The van der Waals surface area contributed by atoms with Crippen LogP contribution in [0.15, 0.2) is 29.4 Å². The number of rotatable bonds is 4. The first kappa shape index (κ1) is 12.3. The van der Waals surface area contributed by atoms with Crippen molar-refractivity contribution in [1.29, 1.82) is 0 Å². The topological polar surface area (TPSA) is 117 Å². The molecule has 0 bridgehead atoms. The van der Waals surface area contributed by atoms with Gasteiger partial charge in [-0.1, -0.05) is 0 Å². The van der Waals surface area contributed by atoms with Crippen molar-refractivity contribution in [2.24, 2.45) is 0 Å². The molecule has 1 aromatic rings. The summed E-state index contributed by atoms with van der Waals surface area (Å²) in [5, 5.41) is 0. The lowest BCUT2D eigenvalue weighted by molar-refractivity contribution is 0.371. The lowest BCUT2D eigenvalue weighted by Crippen LogP contribution is -2.24. The van der Waals surface area contributed by atoms with E-state index in [0.29, 0.717) is 0 Å². The number of nitrogens with zero attached hydrogens (tertiary/aromatic N) is 1. The number of aromatic nitrogens is 1. The molecule has 0 fully saturated rings. The van der Waals surface area contributed by atoms with Crippen LogP contribution >= 0.6 is 7.60 Å². The molecular formula is C6H9N2O5PS. The van der Waals surface area contributed by atoms with Gasteiger partial charge < -0.3 is 9.79 Å². The summed E-state index contributed by atoms with van der Waals surface area (Å²) in [5.41, 5.74) is 0. The average molecular weight is 252 g/mol. The summed E-state index contributed by atoms with van der Waals surface area (Å²) >= 11 is 0. The van der Waals surface area contributed by atoms with Crippen LogP contribution in [0.3, 0.4) is 0 Å². The first-order chi connectivity index (χ1) is 6.81. The fourth-order valence-corrected chi connectivity index (χ4v) is 2.74. The van der Waals surface area contributed by atoms with Crippen molar-refractivity contribution in [2.75, 3.05) is 6.29 Å². The van der Waals surface area contributed by atoms with Gasteiger partial charge in [0.15, 0.2) is 0 Å². The largest absolute Gasteiger partial charge is 0.340 e. The maximum absolute atomic E-state index is 11.4. The van der Waals surface area contributed by atoms with Crippen molar-refractivity contribution >= 4 is 17.6 Å². The van der Waals surface area contributed by atoms with E-state index in [1.807, 2.05) is 0 Å². The molecule has 0 saturated carbocycles. The third kappa shape index (κ3) is 4.06. The molecule has 0 radical (unpaired) electrons. The summed E-state index contributed by atoms with van der Waals surface area (Å²) in [4.78, 5) is 20.4. The molecule has 9 heteroatoms. The van der Waals surface area contributed by atoms with Gasteiger partial charge >= 0.3 is 7.60 Å². The highest BCUT2D eigenvalue weighted by atomic mass is 32.2. The molecule has 0 spiro atoms. The summed E-state index contributed by atoms with van der Waals surface area (Å²) in [7, 11) is -8.29. The third-order valence-corrected chi connectivity index (χ3v) is 3.58. The molecule has 0 saturated heterocycles. The Morgan fingerprint density at radius 2 is 2.13 bits per heavy atom. The maximum Gasteiger partial charge on any atom is 0.340 e. The third-order valence-electron chi connectivity index (χ3n) is 1.41. The Morgan fingerprint density at radius 3 is 2.60 bits per heavy atom. The van der Waals surface area contributed by atoms with Crippen molar-refractivity contribution in [3.05, 3.63) is 24.5 Å². The molecule has 1 aromatic heterocycles. The Morgan fingerprint density at radius 1 is 1.47 bits per heavy atom. The predicted octanol–water partition coefficient (Wildman–Crippen LogP) is -0.505. The fraction of sp³-hybridized carbons (Fsp3) is 0.167. The minimum Gasteiger partial charge on any atom is -0.324 e. The fourth-order valence-electron chi connectivity index (χ4n) is 0.758. The van der Waals surface area contributed by atoms with E-state index in [9.17, 15) is 13.0 Å². The number of hydrogen-bond acceptors (Lipinski definition) is 4. The second-order valence-electron chi connectivity index (χ2n) is 2.66. The molecule has 84 valence electrons. The molecule has 0 aliphatic rings. The van der Waals surface area contributed by atoms with Crippen LogP contribution in [-0.4, -0.2) is 29.5 Å². The standard InChI is InChI=1S/C6H9N2O5PS/c9-14(10,11)5-8-15(12,13)6-2-1-3-7-4-6/h1-4,8H,5H2,(H2,9,10,11). The predicted molar refractivity (Wildman–Crippen MR) is 51.5 cm³/mol. The molecule has 0 aliphatic heterocycles. The average Bonchev–Trinajstić information content (AvgIpc) is 2.16. The molecule has 0 unspecified atom stereocenters. The van der Waals surface area contributed by atoms with E-state index in [4.69, 9.17) is 9.79 Å². The molecule has 0 amide bonds. The second-order valence-corrected chi connectivity index (χ2v) is 6.07. The van der Waals surface area contributed by atoms with Gasteiger partial charge in [0.05, 0.1) is 0 Å². The van der Waals surface area contributed by atoms with Crippen LogP contribution in [0.1, 0.15) is 0 Å². The van der Waals surface area contributed by atoms with Crippen molar-refractivity contribution in [3.63, 3.8) is 0 Å². The molecule has 0 aliphatic carbocycles. The van der Waals surface area contributed by atoms with E-state index in [2.05, 4.69) is 4.98 Å². The summed E-state index contributed by atoms with van der Waals surface area (Å²) < 4.78 is 35.0. The quantitative estimate of drug-likeness (QED) is 0.622. The monoisotopic (exact) mass is 252 g/mol. The first-order valence-electron chi connectivity index (χ1n) is 3.75. The zero-order valence-corrected chi connectivity index (χ0v) is 9.15. The van der Waals surface area contributed by atoms with Gasteiger partial charge in [0, 0.05) is 12.4 Å². The van der Waals surface area contributed by atoms with Crippen LogP contribution < -0.4 is 4.72 Å². The van der Waals surface area contributed by atoms with E-state index >= 15 is 0 Å². The van der Waals surface area contributed by atoms with Gasteiger partial charge in [-0.3, -0.25) is 9.55 Å². The SMILES string of the molecule is O=P(O)(O)CNS(=O)(=O)c1cccnc1. The van der Waals surface area contributed by atoms with Crippen LogP contribution in [0.2, 0.25) is 0 Å². The molecule has 0 atom stereocenters. The molecule has 7 nitrogen and oxygen atoms in total. The van der Waals surface area contributed by atoms with Gasteiger partial charge in [0.1, 0.15) is 11.2 Å². The van der Waals surface area contributed by atoms with Crippen molar-refractivity contribution in [3.8, 4) is 0 Å². The van der Waals surface area contributed by atoms with Crippen LogP contribution in [0, 0.1) is 0 Å². The van der Waals surface area contributed by atoms with Crippen molar-refractivity contribution in [2.45, 2.75) is 4.90 Å². The van der Waals surface area contributed by atoms with Gasteiger partial charge in [0.2, 0.25) is 10.0 Å². The summed E-state index contributed by atoms with van der Waals surface area (Å²) in [6.07, 6.45) is 1.55. The van der Waals surface area contributed by atoms with Crippen molar-refractivity contribution < 1.29 is 22.8 Å². The number of nitrogens with one attached hydrogen (secondary N) is 1. The summed E-state index contributed by atoms with van der Waals surface area (Å²) in [6, 6.07) is 2.68. The van der Waals surface area contributed by atoms with Gasteiger partial charge in [-0.2, -0.15) is 4.72 Å². The van der Waals surface area contributed by atoms with E-state index in [1.165, 1.54) is 18.3 Å². The van der Waals surface area contributed by atoms with Gasteiger partial charge in [-0.05, 0) is 12.1 Å². The zero-order chi connectivity index (χ0) is 11.5. The number of hydrogen-bond donors (Lipinski definition) is 3. The summed E-state index contributed by atoms with van der Waals surface area (Å²) in [6.45, 7) is 0. The molecule has 3 N–H and O–H groups in total. The van der Waals surface area contributed by atoms with Crippen LogP contribution in [0.25, 0.3) is 0 Å². The number of pyridine rings is 1. The van der Waals surface area contributed by atoms with Crippen LogP contribution in [0.5, 0.6) is 0 Å². The highest BCUT2D eigenvalue weighted by molar-refractivity contribution is 7.89. The minimum absolute atomic E-state index is 0.140. The van der Waals surface area contributed by atoms with Gasteiger partial charge in [-0.25, -0.2) is 8.42 Å². The van der Waals surface area contributed by atoms with Crippen molar-refractivity contribution in [1.82, 2.24) is 9.71 Å². The molecular weight excluding hydrogens is 243 g/mol. The Kier molecular flexibility index (Phi) is 3.58. The molecule has 1 heterocycles. The molecule has 1 rings (SSSR count). The minimum atomic E-state index is -4.39. The van der Waals surface area contributed by atoms with E-state index in [0.717, 1.165) is 6.20 Å². The first-order valence-corrected chi connectivity index (χ1v) is 7.04. The zero-order valence-electron chi connectivity index (χ0n) is 7.44. The van der Waals surface area contributed by atoms with E-state index < -0.39 is 23.9 Å². The Balaban J connectivity index is 2.82.